The molecule has 5 nitrogen and oxygen atoms in total. The van der Waals surface area contributed by atoms with E-state index < -0.39 is 10.0 Å². The van der Waals surface area contributed by atoms with Crippen LogP contribution in [0.15, 0.2) is 29.2 Å². The van der Waals surface area contributed by atoms with Crippen molar-refractivity contribution >= 4 is 10.0 Å². The third kappa shape index (κ3) is 2.70. The predicted octanol–water partition coefficient (Wildman–Crippen LogP) is 1.66. The average molecular weight is 266 g/mol. The van der Waals surface area contributed by atoms with E-state index in [-0.39, 0.29) is 4.90 Å². The van der Waals surface area contributed by atoms with Crippen LogP contribution in [0.5, 0.6) is 0 Å². The fourth-order valence-electron chi connectivity index (χ4n) is 1.78. The van der Waals surface area contributed by atoms with Crippen molar-refractivity contribution in [2.75, 3.05) is 13.2 Å². The molecule has 0 radical (unpaired) electrons. The van der Waals surface area contributed by atoms with Gasteiger partial charge in [-0.3, -0.25) is 4.84 Å². The summed E-state index contributed by atoms with van der Waals surface area (Å²) in [6.07, 6.45) is 2.62. The topological polar surface area (TPSA) is 70.4 Å². The third-order valence-corrected chi connectivity index (χ3v) is 4.42. The van der Waals surface area contributed by atoms with E-state index in [1.807, 2.05) is 6.07 Å². The second kappa shape index (κ2) is 5.48. The second-order valence-corrected chi connectivity index (χ2v) is 5.89. The first-order chi connectivity index (χ1) is 8.64. The standard InChI is InChI=1S/C12H14N2O3S/c13-10-11-5-4-6-12(9-11)18(15,16)14-7-2-1-3-8-17-14/h4-6,9H,1-3,7-8H2. The van der Waals surface area contributed by atoms with Gasteiger partial charge in [-0.2, -0.15) is 5.26 Å². The minimum Gasteiger partial charge on any atom is -0.284 e. The Morgan fingerprint density at radius 1 is 1.28 bits per heavy atom. The molecule has 0 atom stereocenters. The molecule has 0 spiro atoms. The molecule has 1 aromatic carbocycles. The van der Waals surface area contributed by atoms with Crippen molar-refractivity contribution in [2.24, 2.45) is 0 Å². The molecule has 6 heteroatoms. The smallest absolute Gasteiger partial charge is 0.265 e. The fourth-order valence-corrected chi connectivity index (χ4v) is 3.13. The molecule has 1 aromatic rings. The summed E-state index contributed by atoms with van der Waals surface area (Å²) in [4.78, 5) is 5.36. The SMILES string of the molecule is N#Cc1cccc(S(=O)(=O)N2CCCCCO2)c1. The van der Waals surface area contributed by atoms with Crippen LogP contribution >= 0.6 is 0 Å². The predicted molar refractivity (Wildman–Crippen MR) is 64.9 cm³/mol. The van der Waals surface area contributed by atoms with Gasteiger partial charge >= 0.3 is 0 Å². The lowest BCUT2D eigenvalue weighted by molar-refractivity contribution is -0.0748. The normalized spacial score (nSPS) is 17.9. The van der Waals surface area contributed by atoms with Crippen LogP contribution in [0, 0.1) is 11.3 Å². The van der Waals surface area contributed by atoms with Gasteiger partial charge in [0.25, 0.3) is 10.0 Å². The molecule has 0 bridgehead atoms. The Kier molecular flexibility index (Phi) is 3.97. The van der Waals surface area contributed by atoms with Crippen molar-refractivity contribution in [1.82, 2.24) is 4.47 Å². The van der Waals surface area contributed by atoms with Gasteiger partial charge in [-0.1, -0.05) is 10.5 Å². The monoisotopic (exact) mass is 266 g/mol. The molecule has 2 rings (SSSR count). The van der Waals surface area contributed by atoms with Crippen LogP contribution in [-0.2, 0) is 14.9 Å². The van der Waals surface area contributed by atoms with E-state index in [0.717, 1.165) is 23.7 Å². The molecular weight excluding hydrogens is 252 g/mol. The highest BCUT2D eigenvalue weighted by atomic mass is 32.2. The van der Waals surface area contributed by atoms with Gasteiger partial charge in [-0.25, -0.2) is 8.42 Å². The minimum absolute atomic E-state index is 0.100. The summed E-state index contributed by atoms with van der Waals surface area (Å²) in [5, 5.41) is 8.79. The lowest BCUT2D eigenvalue weighted by Crippen LogP contribution is -2.31. The highest BCUT2D eigenvalue weighted by molar-refractivity contribution is 7.89. The highest BCUT2D eigenvalue weighted by Gasteiger charge is 2.26. The van der Waals surface area contributed by atoms with Gasteiger partial charge < -0.3 is 0 Å². The minimum atomic E-state index is -3.66. The number of nitriles is 1. The highest BCUT2D eigenvalue weighted by Crippen LogP contribution is 2.20. The first kappa shape index (κ1) is 13.0. The third-order valence-electron chi connectivity index (χ3n) is 2.75. The number of hydroxylamine groups is 1. The van der Waals surface area contributed by atoms with Crippen molar-refractivity contribution in [3.05, 3.63) is 29.8 Å². The number of hydrogen-bond acceptors (Lipinski definition) is 4. The molecule has 0 aliphatic carbocycles. The summed E-state index contributed by atoms with van der Waals surface area (Å²) >= 11 is 0. The molecule has 0 unspecified atom stereocenters. The number of rotatable bonds is 2. The molecule has 0 saturated carbocycles. The maximum atomic E-state index is 12.3. The zero-order chi connectivity index (χ0) is 13.0. The molecular formula is C12H14N2O3S. The number of nitrogens with zero attached hydrogens (tertiary/aromatic N) is 2. The van der Waals surface area contributed by atoms with Crippen LogP contribution < -0.4 is 0 Å². The summed E-state index contributed by atoms with van der Waals surface area (Å²) in [5.41, 5.74) is 0.325. The maximum absolute atomic E-state index is 12.3. The summed E-state index contributed by atoms with van der Waals surface area (Å²) in [6, 6.07) is 7.90. The quantitative estimate of drug-likeness (QED) is 0.816. The van der Waals surface area contributed by atoms with Crippen molar-refractivity contribution in [3.8, 4) is 6.07 Å². The first-order valence-electron chi connectivity index (χ1n) is 5.80. The van der Waals surface area contributed by atoms with Gasteiger partial charge in [-0.05, 0) is 37.5 Å². The molecule has 96 valence electrons. The largest absolute Gasteiger partial charge is 0.284 e. The Bertz CT molecular complexity index is 555. The van der Waals surface area contributed by atoms with Crippen molar-refractivity contribution in [2.45, 2.75) is 24.2 Å². The average Bonchev–Trinajstić information content (AvgIpc) is 2.68. The molecule has 1 heterocycles. The zero-order valence-electron chi connectivity index (χ0n) is 9.87. The van der Waals surface area contributed by atoms with Crippen LogP contribution in [0.1, 0.15) is 24.8 Å². The van der Waals surface area contributed by atoms with E-state index in [4.69, 9.17) is 10.1 Å². The molecule has 1 aliphatic heterocycles. The number of benzene rings is 1. The van der Waals surface area contributed by atoms with E-state index in [0.29, 0.717) is 18.7 Å². The second-order valence-electron chi connectivity index (χ2n) is 4.06. The van der Waals surface area contributed by atoms with E-state index in [2.05, 4.69) is 0 Å². The summed E-state index contributed by atoms with van der Waals surface area (Å²) in [7, 11) is -3.66. The molecule has 0 amide bonds. The molecule has 1 fully saturated rings. The number of hydrogen-bond donors (Lipinski definition) is 0. The van der Waals surface area contributed by atoms with Crippen molar-refractivity contribution in [1.29, 1.82) is 5.26 Å². The Balaban J connectivity index is 2.31. The van der Waals surface area contributed by atoms with E-state index in [9.17, 15) is 8.42 Å². The molecule has 18 heavy (non-hydrogen) atoms. The van der Waals surface area contributed by atoms with Crippen molar-refractivity contribution < 1.29 is 13.3 Å². The maximum Gasteiger partial charge on any atom is 0.265 e. The Morgan fingerprint density at radius 2 is 2.11 bits per heavy atom. The summed E-state index contributed by atoms with van der Waals surface area (Å²) < 4.78 is 25.6. The van der Waals surface area contributed by atoms with Crippen LogP contribution in [0.3, 0.4) is 0 Å². The lowest BCUT2D eigenvalue weighted by Gasteiger charge is -2.19. The molecule has 0 N–H and O–H groups in total. The van der Waals surface area contributed by atoms with Crippen molar-refractivity contribution in [3.63, 3.8) is 0 Å². The number of sulfonamides is 1. The van der Waals surface area contributed by atoms with E-state index >= 15 is 0 Å². The van der Waals surface area contributed by atoms with Gasteiger partial charge in [-0.15, -0.1) is 0 Å². The lowest BCUT2D eigenvalue weighted by atomic mass is 10.2. The van der Waals surface area contributed by atoms with Gasteiger partial charge in [0.15, 0.2) is 0 Å². The fraction of sp³-hybridized carbons (Fsp3) is 0.417. The Morgan fingerprint density at radius 3 is 2.89 bits per heavy atom. The summed E-state index contributed by atoms with van der Waals surface area (Å²) in [6.45, 7) is 0.774. The van der Waals surface area contributed by atoms with Crippen LogP contribution in [-0.4, -0.2) is 26.0 Å². The van der Waals surface area contributed by atoms with E-state index in [1.165, 1.54) is 12.1 Å². The Hall–Kier alpha value is -1.42. The summed E-state index contributed by atoms with van der Waals surface area (Å²) in [5.74, 6) is 0. The van der Waals surface area contributed by atoms with Crippen LogP contribution in [0.4, 0.5) is 0 Å². The van der Waals surface area contributed by atoms with Crippen LogP contribution in [0.25, 0.3) is 0 Å². The van der Waals surface area contributed by atoms with Gasteiger partial charge in [0.05, 0.1) is 23.1 Å². The Labute approximate surface area is 107 Å². The van der Waals surface area contributed by atoms with Crippen LogP contribution in [0.2, 0.25) is 0 Å². The molecule has 1 aliphatic rings. The van der Waals surface area contributed by atoms with Gasteiger partial charge in [0.2, 0.25) is 0 Å². The zero-order valence-corrected chi connectivity index (χ0v) is 10.7. The van der Waals surface area contributed by atoms with Gasteiger partial charge in [0.1, 0.15) is 0 Å². The molecule has 1 saturated heterocycles. The van der Waals surface area contributed by atoms with E-state index in [1.54, 1.807) is 12.1 Å². The molecule has 0 aromatic heterocycles. The van der Waals surface area contributed by atoms with Gasteiger partial charge in [0, 0.05) is 6.54 Å². The first-order valence-corrected chi connectivity index (χ1v) is 7.24.